The monoisotopic (exact) mass is 223 g/mol. The van der Waals surface area contributed by atoms with E-state index in [4.69, 9.17) is 5.11 Å². The lowest BCUT2D eigenvalue weighted by Crippen LogP contribution is -2.25. The van der Waals surface area contributed by atoms with Crippen LogP contribution in [-0.2, 0) is 11.3 Å². The molecule has 16 heavy (non-hydrogen) atoms. The van der Waals surface area contributed by atoms with Gasteiger partial charge in [0.1, 0.15) is 0 Å². The molecule has 1 rings (SSSR count). The molecular weight excluding hydrogens is 210 g/mol. The Hall–Kier alpha value is -2.04. The van der Waals surface area contributed by atoms with Crippen molar-refractivity contribution >= 4 is 12.1 Å². The number of aromatic carboxylic acids is 1. The van der Waals surface area contributed by atoms with Crippen LogP contribution in [0.5, 0.6) is 0 Å². The number of methoxy groups -OCH3 is 1. The van der Waals surface area contributed by atoms with Crippen molar-refractivity contribution in [1.82, 2.24) is 4.90 Å². The van der Waals surface area contributed by atoms with E-state index in [9.17, 15) is 9.59 Å². The first kappa shape index (κ1) is 12.0. The molecule has 0 aliphatic rings. The minimum absolute atomic E-state index is 0.226. The molecule has 5 heteroatoms. The molecule has 0 aliphatic carbocycles. The van der Waals surface area contributed by atoms with Crippen LogP contribution in [0.1, 0.15) is 15.9 Å². The van der Waals surface area contributed by atoms with E-state index in [-0.39, 0.29) is 5.56 Å². The van der Waals surface area contributed by atoms with E-state index in [0.717, 1.165) is 5.56 Å². The third kappa shape index (κ3) is 2.98. The summed E-state index contributed by atoms with van der Waals surface area (Å²) in [5.41, 5.74) is 1.07. The van der Waals surface area contributed by atoms with E-state index in [0.29, 0.717) is 6.54 Å². The van der Waals surface area contributed by atoms with Gasteiger partial charge in [0.15, 0.2) is 0 Å². The van der Waals surface area contributed by atoms with Crippen molar-refractivity contribution < 1.29 is 19.4 Å². The Kier molecular flexibility index (Phi) is 3.88. The van der Waals surface area contributed by atoms with E-state index in [1.807, 2.05) is 0 Å². The first-order valence-electron chi connectivity index (χ1n) is 4.66. The lowest BCUT2D eigenvalue weighted by atomic mass is 10.1. The first-order valence-corrected chi connectivity index (χ1v) is 4.66. The van der Waals surface area contributed by atoms with Gasteiger partial charge in [0.2, 0.25) is 0 Å². The van der Waals surface area contributed by atoms with E-state index in [1.165, 1.54) is 24.1 Å². The highest BCUT2D eigenvalue weighted by Crippen LogP contribution is 2.07. The smallest absolute Gasteiger partial charge is 0.409 e. The summed E-state index contributed by atoms with van der Waals surface area (Å²) < 4.78 is 4.54. The molecule has 0 aliphatic heterocycles. The van der Waals surface area contributed by atoms with Gasteiger partial charge in [0.05, 0.1) is 12.7 Å². The summed E-state index contributed by atoms with van der Waals surface area (Å²) >= 11 is 0. The van der Waals surface area contributed by atoms with Crippen molar-refractivity contribution in [2.45, 2.75) is 6.54 Å². The maximum atomic E-state index is 11.1. The second-order valence-corrected chi connectivity index (χ2v) is 3.33. The molecule has 1 N–H and O–H groups in total. The van der Waals surface area contributed by atoms with Crippen LogP contribution in [-0.4, -0.2) is 36.2 Å². The number of hydrogen-bond acceptors (Lipinski definition) is 3. The first-order chi connectivity index (χ1) is 7.54. The number of carboxylic acids is 1. The molecule has 0 radical (unpaired) electrons. The molecule has 0 aromatic heterocycles. The van der Waals surface area contributed by atoms with Crippen molar-refractivity contribution in [2.24, 2.45) is 0 Å². The van der Waals surface area contributed by atoms with Crippen molar-refractivity contribution in [3.8, 4) is 0 Å². The van der Waals surface area contributed by atoms with E-state index < -0.39 is 12.1 Å². The average Bonchev–Trinajstić information content (AvgIpc) is 2.28. The molecule has 0 heterocycles. The molecular formula is C11H13NO4. The highest BCUT2D eigenvalue weighted by Gasteiger charge is 2.09. The maximum Gasteiger partial charge on any atom is 0.409 e. The third-order valence-electron chi connectivity index (χ3n) is 2.11. The predicted molar refractivity (Wildman–Crippen MR) is 57.3 cm³/mol. The van der Waals surface area contributed by atoms with Gasteiger partial charge in [-0.2, -0.15) is 0 Å². The molecule has 0 saturated heterocycles. The summed E-state index contributed by atoms with van der Waals surface area (Å²) in [6.45, 7) is 0.382. The third-order valence-corrected chi connectivity index (χ3v) is 2.11. The highest BCUT2D eigenvalue weighted by atomic mass is 16.5. The maximum absolute atomic E-state index is 11.1. The van der Waals surface area contributed by atoms with Crippen molar-refractivity contribution in [2.75, 3.05) is 14.2 Å². The highest BCUT2D eigenvalue weighted by molar-refractivity contribution is 5.87. The second kappa shape index (κ2) is 5.16. The summed E-state index contributed by atoms with van der Waals surface area (Å²) in [5, 5.41) is 8.70. The Morgan fingerprint density at radius 3 is 2.31 bits per heavy atom. The van der Waals surface area contributed by atoms with Crippen LogP contribution in [0.4, 0.5) is 4.79 Å². The average molecular weight is 223 g/mol. The lowest BCUT2D eigenvalue weighted by molar-refractivity contribution is 0.0696. The minimum Gasteiger partial charge on any atom is -0.478 e. The summed E-state index contributed by atoms with van der Waals surface area (Å²) in [6.07, 6.45) is -0.428. The van der Waals surface area contributed by atoms with Gasteiger partial charge in [-0.1, -0.05) is 12.1 Å². The number of nitrogens with zero attached hydrogens (tertiary/aromatic N) is 1. The van der Waals surface area contributed by atoms with Gasteiger partial charge >= 0.3 is 12.1 Å². The molecule has 0 saturated carbocycles. The summed E-state index contributed by atoms with van der Waals surface area (Å²) in [7, 11) is 2.92. The zero-order valence-electron chi connectivity index (χ0n) is 9.14. The lowest BCUT2D eigenvalue weighted by Gasteiger charge is -2.15. The molecule has 0 unspecified atom stereocenters. The van der Waals surface area contributed by atoms with Crippen LogP contribution >= 0.6 is 0 Å². The van der Waals surface area contributed by atoms with Gasteiger partial charge in [-0.15, -0.1) is 0 Å². The fraction of sp³-hybridized carbons (Fsp3) is 0.273. The molecule has 5 nitrogen and oxygen atoms in total. The number of carbonyl (C=O) groups is 2. The summed E-state index contributed by atoms with van der Waals surface area (Å²) in [5.74, 6) is -0.965. The Balaban J connectivity index is 2.68. The predicted octanol–water partition coefficient (Wildman–Crippen LogP) is 1.58. The van der Waals surface area contributed by atoms with Gasteiger partial charge in [0.25, 0.3) is 0 Å². The summed E-state index contributed by atoms with van der Waals surface area (Å²) in [6, 6.07) is 6.34. The number of carboxylic acid groups (broad SMARTS) is 1. The van der Waals surface area contributed by atoms with Crippen molar-refractivity contribution in [3.63, 3.8) is 0 Å². The van der Waals surface area contributed by atoms with Gasteiger partial charge < -0.3 is 14.7 Å². The molecule has 1 aromatic carbocycles. The zero-order valence-corrected chi connectivity index (χ0v) is 9.14. The Labute approximate surface area is 93.2 Å². The second-order valence-electron chi connectivity index (χ2n) is 3.33. The number of amides is 1. The molecule has 0 fully saturated rings. The normalized spacial score (nSPS) is 9.62. The van der Waals surface area contributed by atoms with Gasteiger partial charge in [-0.25, -0.2) is 9.59 Å². The van der Waals surface area contributed by atoms with Gasteiger partial charge in [-0.3, -0.25) is 0 Å². The van der Waals surface area contributed by atoms with Crippen molar-refractivity contribution in [1.29, 1.82) is 0 Å². The van der Waals surface area contributed by atoms with E-state index in [2.05, 4.69) is 4.74 Å². The SMILES string of the molecule is COC(=O)N(C)Cc1ccc(C(=O)O)cc1. The standard InChI is InChI=1S/C11H13NO4/c1-12(11(15)16-2)7-8-3-5-9(6-4-8)10(13)14/h3-6H,7H2,1-2H3,(H,13,14). The number of benzene rings is 1. The number of ether oxygens (including phenoxy) is 1. The fourth-order valence-electron chi connectivity index (χ4n) is 1.25. The van der Waals surface area contributed by atoms with E-state index >= 15 is 0 Å². The van der Waals surface area contributed by atoms with Gasteiger partial charge in [0, 0.05) is 13.6 Å². The molecule has 86 valence electrons. The quantitative estimate of drug-likeness (QED) is 0.844. The molecule has 1 aromatic rings. The Morgan fingerprint density at radius 1 is 1.31 bits per heavy atom. The largest absolute Gasteiger partial charge is 0.478 e. The summed E-state index contributed by atoms with van der Waals surface area (Å²) in [4.78, 5) is 23.1. The molecule has 0 bridgehead atoms. The minimum atomic E-state index is -0.965. The fourth-order valence-corrected chi connectivity index (χ4v) is 1.25. The van der Waals surface area contributed by atoms with Crippen LogP contribution < -0.4 is 0 Å². The number of carbonyl (C=O) groups excluding carboxylic acids is 1. The van der Waals surface area contributed by atoms with Crippen LogP contribution in [0.15, 0.2) is 24.3 Å². The van der Waals surface area contributed by atoms with Crippen LogP contribution in [0.25, 0.3) is 0 Å². The molecule has 0 spiro atoms. The van der Waals surface area contributed by atoms with E-state index in [1.54, 1.807) is 19.2 Å². The molecule has 1 amide bonds. The number of hydrogen-bond donors (Lipinski definition) is 1. The zero-order chi connectivity index (χ0) is 12.1. The molecule has 0 atom stereocenters. The number of rotatable bonds is 3. The topological polar surface area (TPSA) is 66.8 Å². The van der Waals surface area contributed by atoms with Crippen LogP contribution in [0.2, 0.25) is 0 Å². The van der Waals surface area contributed by atoms with Gasteiger partial charge in [-0.05, 0) is 17.7 Å². The Bertz CT molecular complexity index is 385. The van der Waals surface area contributed by atoms with Crippen LogP contribution in [0, 0.1) is 0 Å². The Morgan fingerprint density at radius 2 is 1.88 bits per heavy atom. The van der Waals surface area contributed by atoms with Crippen LogP contribution in [0.3, 0.4) is 0 Å². The van der Waals surface area contributed by atoms with Crippen molar-refractivity contribution in [3.05, 3.63) is 35.4 Å².